The van der Waals surface area contributed by atoms with Crippen molar-refractivity contribution >= 4 is 16.6 Å². The largest absolute Gasteiger partial charge is 0.380 e. The fraction of sp³-hybridized carbons (Fsp3) is 0.303. The van der Waals surface area contributed by atoms with Gasteiger partial charge in [-0.1, -0.05) is 108 Å². The van der Waals surface area contributed by atoms with Gasteiger partial charge in [0.1, 0.15) is 5.60 Å². The average Bonchev–Trinajstić information content (AvgIpc) is 2.81. The minimum Gasteiger partial charge on any atom is -0.380 e. The van der Waals surface area contributed by atoms with Crippen LogP contribution in [0.15, 0.2) is 78.9 Å². The Hall–Kier alpha value is -3.23. The fourth-order valence-electron chi connectivity index (χ4n) is 5.24. The lowest BCUT2D eigenvalue weighted by molar-refractivity contribution is 0.0720. The molecule has 0 spiro atoms. The molecular formula is C33H34O2. The van der Waals surface area contributed by atoms with Gasteiger partial charge in [-0.25, -0.2) is 0 Å². The minimum atomic E-state index is -1.30. The van der Waals surface area contributed by atoms with Gasteiger partial charge in [0.2, 0.25) is 0 Å². The number of rotatable bonds is 2. The molecule has 4 aromatic rings. The Kier molecular flexibility index (Phi) is 5.30. The lowest BCUT2D eigenvalue weighted by atomic mass is 9.69. The van der Waals surface area contributed by atoms with E-state index in [-0.39, 0.29) is 16.6 Å². The molecule has 5 rings (SSSR count). The molecule has 2 nitrogen and oxygen atoms in total. The molecule has 0 unspecified atom stereocenters. The summed E-state index contributed by atoms with van der Waals surface area (Å²) in [5.41, 5.74) is 4.34. The molecule has 0 heterocycles. The van der Waals surface area contributed by atoms with Crippen LogP contribution in [0, 0.1) is 0 Å². The number of benzene rings is 4. The molecule has 0 aromatic heterocycles. The molecule has 0 atom stereocenters. The van der Waals surface area contributed by atoms with Crippen LogP contribution in [-0.4, -0.2) is 10.9 Å². The van der Waals surface area contributed by atoms with Crippen LogP contribution in [0.3, 0.4) is 0 Å². The Bertz CT molecular complexity index is 1390. The van der Waals surface area contributed by atoms with Crippen LogP contribution < -0.4 is 0 Å². The van der Waals surface area contributed by atoms with E-state index in [0.717, 1.165) is 22.1 Å². The number of fused-ring (bicyclic) bond motifs is 3. The highest BCUT2D eigenvalue weighted by atomic mass is 16.3. The van der Waals surface area contributed by atoms with Crippen LogP contribution in [0.4, 0.5) is 0 Å². The summed E-state index contributed by atoms with van der Waals surface area (Å²) in [4.78, 5) is 13.9. The van der Waals surface area contributed by atoms with Gasteiger partial charge in [-0.15, -0.1) is 0 Å². The van der Waals surface area contributed by atoms with Gasteiger partial charge in [0.15, 0.2) is 5.78 Å². The first-order valence-corrected chi connectivity index (χ1v) is 12.4. The van der Waals surface area contributed by atoms with Gasteiger partial charge >= 0.3 is 0 Å². The molecule has 1 aliphatic rings. The van der Waals surface area contributed by atoms with E-state index in [2.05, 4.69) is 84.0 Å². The number of ketones is 1. The van der Waals surface area contributed by atoms with Crippen LogP contribution >= 0.6 is 0 Å². The van der Waals surface area contributed by atoms with Crippen molar-refractivity contribution < 1.29 is 9.90 Å². The second kappa shape index (κ2) is 7.90. The predicted octanol–water partition coefficient (Wildman–Crippen LogP) is 7.46. The lowest BCUT2D eigenvalue weighted by Crippen LogP contribution is -2.38. The molecule has 0 radical (unpaired) electrons. The molecule has 4 aromatic carbocycles. The quantitative estimate of drug-likeness (QED) is 0.336. The van der Waals surface area contributed by atoms with E-state index in [0.29, 0.717) is 28.7 Å². The Morgan fingerprint density at radius 2 is 1.17 bits per heavy atom. The third kappa shape index (κ3) is 4.00. The van der Waals surface area contributed by atoms with Crippen LogP contribution in [0.1, 0.15) is 85.3 Å². The van der Waals surface area contributed by atoms with Crippen LogP contribution in [-0.2, 0) is 22.9 Å². The van der Waals surface area contributed by atoms with Crippen molar-refractivity contribution in [3.63, 3.8) is 0 Å². The van der Waals surface area contributed by atoms with E-state index in [4.69, 9.17) is 0 Å². The topological polar surface area (TPSA) is 37.3 Å². The summed E-state index contributed by atoms with van der Waals surface area (Å²) in [6.07, 6.45) is 0.398. The summed E-state index contributed by atoms with van der Waals surface area (Å²) in [7, 11) is 0. The Morgan fingerprint density at radius 1 is 0.657 bits per heavy atom. The highest BCUT2D eigenvalue weighted by Gasteiger charge is 2.43. The molecule has 0 fully saturated rings. The number of aliphatic hydroxyl groups is 1. The highest BCUT2D eigenvalue weighted by Crippen LogP contribution is 2.44. The first-order valence-electron chi connectivity index (χ1n) is 12.4. The van der Waals surface area contributed by atoms with Crippen molar-refractivity contribution in [1.29, 1.82) is 0 Å². The van der Waals surface area contributed by atoms with Crippen LogP contribution in [0.2, 0.25) is 0 Å². The van der Waals surface area contributed by atoms with Crippen LogP contribution in [0.25, 0.3) is 10.8 Å². The standard InChI is InChI=1S/C33H34O2/c1-31(2,3)24-13-15-28-26(18-24)30(34)27-19-25(32(4,5)6)14-16-29(27)33(28,35)20-21-11-12-22-9-7-8-10-23(22)17-21/h7-19,35H,20H2,1-6H3. The molecule has 0 aliphatic heterocycles. The number of carbonyl (C=O) groups excluding carboxylic acids is 1. The van der Waals surface area contributed by atoms with Gasteiger partial charge in [0.05, 0.1) is 0 Å². The predicted molar refractivity (Wildman–Crippen MR) is 144 cm³/mol. The Morgan fingerprint density at radius 3 is 1.69 bits per heavy atom. The molecule has 2 heteroatoms. The monoisotopic (exact) mass is 462 g/mol. The zero-order chi connectivity index (χ0) is 25.2. The molecule has 0 bridgehead atoms. The summed E-state index contributed by atoms with van der Waals surface area (Å²) < 4.78 is 0. The Balaban J connectivity index is 1.73. The fourth-order valence-corrected chi connectivity index (χ4v) is 5.24. The summed E-state index contributed by atoms with van der Waals surface area (Å²) in [5.74, 6) is -0.00427. The molecule has 0 saturated heterocycles. The van der Waals surface area contributed by atoms with Gasteiger partial charge in [-0.3, -0.25) is 4.79 Å². The number of hydrogen-bond acceptors (Lipinski definition) is 2. The van der Waals surface area contributed by atoms with Crippen molar-refractivity contribution in [3.8, 4) is 0 Å². The lowest BCUT2D eigenvalue weighted by Gasteiger charge is -2.38. The molecule has 1 aliphatic carbocycles. The van der Waals surface area contributed by atoms with Gasteiger partial charge in [0, 0.05) is 17.5 Å². The minimum absolute atomic E-state index is 0.00427. The molecule has 0 saturated carbocycles. The highest BCUT2D eigenvalue weighted by molar-refractivity contribution is 6.13. The van der Waals surface area contributed by atoms with E-state index in [1.165, 1.54) is 5.39 Å². The smallest absolute Gasteiger partial charge is 0.193 e. The van der Waals surface area contributed by atoms with Crippen molar-refractivity contribution in [2.45, 2.75) is 64.4 Å². The van der Waals surface area contributed by atoms with Gasteiger partial charge in [0.25, 0.3) is 0 Å². The molecule has 0 amide bonds. The first-order chi connectivity index (χ1) is 16.4. The number of carbonyl (C=O) groups is 1. The zero-order valence-electron chi connectivity index (χ0n) is 21.6. The SMILES string of the molecule is CC(C)(C)c1ccc2c(c1)C(=O)c1cc(C(C)(C)C)ccc1C2(O)Cc1ccc2ccccc2c1. The van der Waals surface area contributed by atoms with E-state index in [1.54, 1.807) is 0 Å². The summed E-state index contributed by atoms with van der Waals surface area (Å²) >= 11 is 0. The van der Waals surface area contributed by atoms with E-state index in [9.17, 15) is 9.90 Å². The molecule has 1 N–H and O–H groups in total. The van der Waals surface area contributed by atoms with Crippen molar-refractivity contribution in [3.05, 3.63) is 118 Å². The average molecular weight is 463 g/mol. The van der Waals surface area contributed by atoms with Gasteiger partial charge in [-0.2, -0.15) is 0 Å². The zero-order valence-corrected chi connectivity index (χ0v) is 21.6. The Labute approximate surface area is 208 Å². The molecular weight excluding hydrogens is 428 g/mol. The maximum absolute atomic E-state index is 13.9. The summed E-state index contributed by atoms with van der Waals surface area (Å²) in [5, 5.41) is 14.8. The molecule has 35 heavy (non-hydrogen) atoms. The second-order valence-corrected chi connectivity index (χ2v) is 12.1. The van der Waals surface area contributed by atoms with E-state index < -0.39 is 5.60 Å². The van der Waals surface area contributed by atoms with Crippen molar-refractivity contribution in [2.24, 2.45) is 0 Å². The maximum atomic E-state index is 13.9. The van der Waals surface area contributed by atoms with Gasteiger partial charge < -0.3 is 5.11 Å². The van der Waals surface area contributed by atoms with E-state index >= 15 is 0 Å². The normalized spacial score (nSPS) is 15.1. The summed E-state index contributed by atoms with van der Waals surface area (Å²) in [6, 6.07) is 26.7. The maximum Gasteiger partial charge on any atom is 0.193 e. The van der Waals surface area contributed by atoms with E-state index in [1.807, 2.05) is 36.4 Å². The first kappa shape index (κ1) is 23.5. The molecule has 178 valence electrons. The second-order valence-electron chi connectivity index (χ2n) is 12.1. The number of hydrogen-bond donors (Lipinski definition) is 1. The van der Waals surface area contributed by atoms with Crippen molar-refractivity contribution in [2.75, 3.05) is 0 Å². The van der Waals surface area contributed by atoms with Crippen LogP contribution in [0.5, 0.6) is 0 Å². The third-order valence-corrected chi connectivity index (χ3v) is 7.43. The van der Waals surface area contributed by atoms with Crippen molar-refractivity contribution in [1.82, 2.24) is 0 Å². The van der Waals surface area contributed by atoms with Gasteiger partial charge in [-0.05, 0) is 61.6 Å². The third-order valence-electron chi connectivity index (χ3n) is 7.43. The summed E-state index contributed by atoms with van der Waals surface area (Å²) in [6.45, 7) is 12.9.